The van der Waals surface area contributed by atoms with Gasteiger partial charge in [0.25, 0.3) is 5.56 Å². The molecule has 0 atom stereocenters. The van der Waals surface area contributed by atoms with E-state index in [-0.39, 0.29) is 5.56 Å². The predicted molar refractivity (Wildman–Crippen MR) is 82.9 cm³/mol. The van der Waals surface area contributed by atoms with Gasteiger partial charge in [-0.05, 0) is 25.2 Å². The largest absolute Gasteiger partial charge is 0.314 e. The molecule has 0 aliphatic heterocycles. The van der Waals surface area contributed by atoms with Crippen LogP contribution in [0.25, 0.3) is 0 Å². The van der Waals surface area contributed by atoms with Crippen LogP contribution in [-0.2, 0) is 6.54 Å². The molecule has 1 heterocycles. The van der Waals surface area contributed by atoms with Crippen LogP contribution in [0.15, 0.2) is 29.2 Å². The molecule has 0 unspecified atom stereocenters. The summed E-state index contributed by atoms with van der Waals surface area (Å²) in [4.78, 5) is 11.6. The van der Waals surface area contributed by atoms with E-state index in [9.17, 15) is 4.79 Å². The number of thioether (sulfide) groups is 1. The summed E-state index contributed by atoms with van der Waals surface area (Å²) in [5.41, 5.74) is 0.0848. The molecule has 1 aliphatic carbocycles. The number of aromatic nitrogens is 1. The molecule has 0 saturated heterocycles. The summed E-state index contributed by atoms with van der Waals surface area (Å²) in [5.74, 6) is 0. The second-order valence-corrected chi connectivity index (χ2v) is 6.63. The SMILES string of the molecule is CSC1(CNCCn2ccccc2=O)CCCCC1. The monoisotopic (exact) mass is 280 g/mol. The Morgan fingerprint density at radius 2 is 2.11 bits per heavy atom. The highest BCUT2D eigenvalue weighted by Crippen LogP contribution is 2.37. The molecule has 1 saturated carbocycles. The van der Waals surface area contributed by atoms with Crippen molar-refractivity contribution in [1.29, 1.82) is 0 Å². The van der Waals surface area contributed by atoms with E-state index in [0.29, 0.717) is 4.75 Å². The zero-order valence-corrected chi connectivity index (χ0v) is 12.5. The number of nitrogens with zero attached hydrogens (tertiary/aromatic N) is 1. The van der Waals surface area contributed by atoms with Crippen molar-refractivity contribution in [1.82, 2.24) is 9.88 Å². The Morgan fingerprint density at radius 1 is 1.32 bits per heavy atom. The number of hydrogen-bond acceptors (Lipinski definition) is 3. The zero-order chi connectivity index (χ0) is 13.6. The quantitative estimate of drug-likeness (QED) is 0.813. The zero-order valence-electron chi connectivity index (χ0n) is 11.7. The van der Waals surface area contributed by atoms with Crippen molar-refractivity contribution in [3.8, 4) is 0 Å². The van der Waals surface area contributed by atoms with Crippen molar-refractivity contribution in [3.05, 3.63) is 34.7 Å². The fourth-order valence-electron chi connectivity index (χ4n) is 2.81. The molecule has 0 bridgehead atoms. The van der Waals surface area contributed by atoms with Gasteiger partial charge in [0, 0.05) is 36.6 Å². The van der Waals surface area contributed by atoms with E-state index in [1.807, 2.05) is 24.0 Å². The highest BCUT2D eigenvalue weighted by molar-refractivity contribution is 8.00. The highest BCUT2D eigenvalue weighted by Gasteiger charge is 2.30. The third kappa shape index (κ3) is 4.11. The second kappa shape index (κ2) is 7.15. The lowest BCUT2D eigenvalue weighted by Crippen LogP contribution is -2.40. The lowest BCUT2D eigenvalue weighted by Gasteiger charge is -2.36. The lowest BCUT2D eigenvalue weighted by molar-refractivity contribution is 0.377. The highest BCUT2D eigenvalue weighted by atomic mass is 32.2. The average molecular weight is 280 g/mol. The third-order valence-corrected chi connectivity index (χ3v) is 5.49. The van der Waals surface area contributed by atoms with Crippen molar-refractivity contribution in [2.24, 2.45) is 0 Å². The van der Waals surface area contributed by atoms with Gasteiger partial charge in [-0.25, -0.2) is 0 Å². The van der Waals surface area contributed by atoms with Crippen LogP contribution in [0.1, 0.15) is 32.1 Å². The fraction of sp³-hybridized carbons (Fsp3) is 0.667. The molecule has 0 aromatic carbocycles. The number of pyridine rings is 1. The number of hydrogen-bond donors (Lipinski definition) is 1. The molecule has 1 aliphatic rings. The van der Waals surface area contributed by atoms with Gasteiger partial charge in [-0.15, -0.1) is 0 Å². The van der Waals surface area contributed by atoms with E-state index in [1.54, 1.807) is 16.7 Å². The van der Waals surface area contributed by atoms with Crippen LogP contribution in [0, 0.1) is 0 Å². The third-order valence-electron chi connectivity index (χ3n) is 4.07. The molecule has 1 aromatic rings. The molecular weight excluding hydrogens is 256 g/mol. The summed E-state index contributed by atoms with van der Waals surface area (Å²) in [6.45, 7) is 2.69. The normalized spacial score (nSPS) is 18.4. The molecule has 0 spiro atoms. The Hall–Kier alpha value is -0.740. The van der Waals surface area contributed by atoms with Crippen LogP contribution >= 0.6 is 11.8 Å². The van der Waals surface area contributed by atoms with Crippen molar-refractivity contribution < 1.29 is 0 Å². The first-order valence-electron chi connectivity index (χ1n) is 7.17. The Morgan fingerprint density at radius 3 is 2.79 bits per heavy atom. The Balaban J connectivity index is 1.77. The smallest absolute Gasteiger partial charge is 0.250 e. The summed E-state index contributed by atoms with van der Waals surface area (Å²) < 4.78 is 2.19. The summed E-state index contributed by atoms with van der Waals surface area (Å²) in [6.07, 6.45) is 10.9. The van der Waals surface area contributed by atoms with Gasteiger partial charge in [0.2, 0.25) is 0 Å². The first kappa shape index (κ1) is 14.7. The van der Waals surface area contributed by atoms with E-state index in [4.69, 9.17) is 0 Å². The Bertz CT molecular complexity index is 438. The van der Waals surface area contributed by atoms with Gasteiger partial charge < -0.3 is 9.88 Å². The maximum absolute atomic E-state index is 11.6. The lowest BCUT2D eigenvalue weighted by atomic mass is 9.88. The van der Waals surface area contributed by atoms with Crippen LogP contribution < -0.4 is 10.9 Å². The van der Waals surface area contributed by atoms with Gasteiger partial charge in [0.1, 0.15) is 0 Å². The molecule has 19 heavy (non-hydrogen) atoms. The molecule has 1 N–H and O–H groups in total. The van der Waals surface area contributed by atoms with E-state index < -0.39 is 0 Å². The summed E-state index contributed by atoms with van der Waals surface area (Å²) in [7, 11) is 0. The minimum atomic E-state index is 0.0848. The van der Waals surface area contributed by atoms with Crippen LogP contribution in [-0.4, -0.2) is 28.7 Å². The van der Waals surface area contributed by atoms with E-state index in [2.05, 4.69) is 11.6 Å². The van der Waals surface area contributed by atoms with Crippen LogP contribution in [0.4, 0.5) is 0 Å². The fourth-order valence-corrected chi connectivity index (χ4v) is 3.75. The van der Waals surface area contributed by atoms with Gasteiger partial charge in [0.05, 0.1) is 0 Å². The molecule has 0 amide bonds. The van der Waals surface area contributed by atoms with Crippen molar-refractivity contribution in [2.75, 3.05) is 19.3 Å². The molecule has 1 aromatic heterocycles. The topological polar surface area (TPSA) is 34.0 Å². The van der Waals surface area contributed by atoms with E-state index >= 15 is 0 Å². The molecule has 1 fully saturated rings. The molecule has 3 nitrogen and oxygen atoms in total. The van der Waals surface area contributed by atoms with Gasteiger partial charge in [-0.2, -0.15) is 11.8 Å². The minimum absolute atomic E-state index is 0.0848. The molecule has 2 rings (SSSR count). The van der Waals surface area contributed by atoms with E-state index in [1.165, 1.54) is 32.1 Å². The number of rotatable bonds is 6. The Labute approximate surface area is 119 Å². The maximum atomic E-state index is 11.6. The predicted octanol–water partition coefficient (Wildman–Crippen LogP) is 2.50. The maximum Gasteiger partial charge on any atom is 0.250 e. The first-order valence-corrected chi connectivity index (χ1v) is 8.40. The Kier molecular flexibility index (Phi) is 5.52. The average Bonchev–Trinajstić information content (AvgIpc) is 2.46. The summed E-state index contributed by atoms with van der Waals surface area (Å²) in [6, 6.07) is 5.31. The van der Waals surface area contributed by atoms with Crippen LogP contribution in [0.5, 0.6) is 0 Å². The summed E-state index contributed by atoms with van der Waals surface area (Å²) >= 11 is 2.01. The van der Waals surface area contributed by atoms with Gasteiger partial charge in [0.15, 0.2) is 0 Å². The number of nitrogens with one attached hydrogen (secondary N) is 1. The van der Waals surface area contributed by atoms with Crippen LogP contribution in [0.2, 0.25) is 0 Å². The molecule has 4 heteroatoms. The van der Waals surface area contributed by atoms with E-state index in [0.717, 1.165) is 19.6 Å². The molecule has 0 radical (unpaired) electrons. The van der Waals surface area contributed by atoms with Crippen molar-refractivity contribution >= 4 is 11.8 Å². The van der Waals surface area contributed by atoms with Crippen molar-refractivity contribution in [2.45, 2.75) is 43.4 Å². The molecule has 106 valence electrons. The first-order chi connectivity index (χ1) is 9.26. The standard InChI is InChI=1S/C15H24N2OS/c1-19-15(8-4-2-5-9-15)13-16-10-12-17-11-6-3-7-14(17)18/h3,6-7,11,16H,2,4-5,8-10,12-13H2,1H3. The minimum Gasteiger partial charge on any atom is -0.314 e. The van der Waals surface area contributed by atoms with Crippen molar-refractivity contribution in [3.63, 3.8) is 0 Å². The van der Waals surface area contributed by atoms with Gasteiger partial charge >= 0.3 is 0 Å². The second-order valence-electron chi connectivity index (χ2n) is 5.36. The van der Waals surface area contributed by atoms with Crippen LogP contribution in [0.3, 0.4) is 0 Å². The van der Waals surface area contributed by atoms with Gasteiger partial charge in [-0.1, -0.05) is 25.3 Å². The van der Waals surface area contributed by atoms with Gasteiger partial charge in [-0.3, -0.25) is 4.79 Å². The molecular formula is C15H24N2OS. The summed E-state index contributed by atoms with van der Waals surface area (Å²) in [5, 5.41) is 3.54.